The molecule has 0 aliphatic carbocycles. The quantitative estimate of drug-likeness (QED) is 0.758. The van der Waals surface area contributed by atoms with Crippen molar-refractivity contribution in [1.82, 2.24) is 10.3 Å². The lowest BCUT2D eigenvalue weighted by Gasteiger charge is -2.11. The number of pyridine rings is 1. The van der Waals surface area contributed by atoms with Crippen LogP contribution in [0.1, 0.15) is 25.3 Å². The number of hydrogen-bond donors (Lipinski definition) is 1. The smallest absolute Gasteiger partial charge is 0.216 e. The Morgan fingerprint density at radius 3 is 2.69 bits per heavy atom. The summed E-state index contributed by atoms with van der Waals surface area (Å²) in [6.45, 7) is 4.28. The molecule has 1 rings (SSSR count). The molecule has 1 heterocycles. The van der Waals surface area contributed by atoms with Gasteiger partial charge in [0.25, 0.3) is 0 Å². The standard InChI is InChI=1S/C10H14N2O/c1-8(7-12-9(2)13)10-3-5-11-6-4-10/h3-6,8H,7H2,1-2H3,(H,12,13). The van der Waals surface area contributed by atoms with E-state index >= 15 is 0 Å². The third-order valence-electron chi connectivity index (χ3n) is 1.93. The monoisotopic (exact) mass is 178 g/mol. The maximum atomic E-state index is 10.7. The molecule has 1 aromatic heterocycles. The Kier molecular flexibility index (Phi) is 3.43. The summed E-state index contributed by atoms with van der Waals surface area (Å²) in [6, 6.07) is 3.93. The first kappa shape index (κ1) is 9.71. The summed E-state index contributed by atoms with van der Waals surface area (Å²) >= 11 is 0. The van der Waals surface area contributed by atoms with Crippen LogP contribution in [0.5, 0.6) is 0 Å². The van der Waals surface area contributed by atoms with Gasteiger partial charge in [-0.25, -0.2) is 0 Å². The molecule has 0 aliphatic rings. The molecule has 0 fully saturated rings. The van der Waals surface area contributed by atoms with Crippen molar-refractivity contribution in [3.05, 3.63) is 30.1 Å². The summed E-state index contributed by atoms with van der Waals surface area (Å²) in [5.41, 5.74) is 1.20. The molecule has 1 aromatic rings. The minimum absolute atomic E-state index is 0.0147. The largest absolute Gasteiger partial charge is 0.356 e. The van der Waals surface area contributed by atoms with Crippen LogP contribution in [-0.4, -0.2) is 17.4 Å². The molecule has 1 amide bonds. The van der Waals surface area contributed by atoms with Gasteiger partial charge in [0.2, 0.25) is 5.91 Å². The number of hydrogen-bond acceptors (Lipinski definition) is 2. The molecule has 0 aliphatic heterocycles. The van der Waals surface area contributed by atoms with E-state index in [2.05, 4.69) is 17.2 Å². The minimum Gasteiger partial charge on any atom is -0.356 e. The van der Waals surface area contributed by atoms with Crippen molar-refractivity contribution in [2.75, 3.05) is 6.54 Å². The van der Waals surface area contributed by atoms with Crippen molar-refractivity contribution in [2.24, 2.45) is 0 Å². The second-order valence-corrected chi connectivity index (χ2v) is 3.12. The maximum Gasteiger partial charge on any atom is 0.216 e. The highest BCUT2D eigenvalue weighted by Crippen LogP contribution is 2.11. The Morgan fingerprint density at radius 2 is 2.15 bits per heavy atom. The van der Waals surface area contributed by atoms with E-state index in [1.54, 1.807) is 12.4 Å². The summed E-state index contributed by atoms with van der Waals surface area (Å²) in [6.07, 6.45) is 3.53. The lowest BCUT2D eigenvalue weighted by Crippen LogP contribution is -2.24. The van der Waals surface area contributed by atoms with Crippen LogP contribution >= 0.6 is 0 Å². The second-order valence-electron chi connectivity index (χ2n) is 3.12. The van der Waals surface area contributed by atoms with Crippen molar-refractivity contribution in [3.63, 3.8) is 0 Å². The first-order valence-corrected chi connectivity index (χ1v) is 4.34. The molecule has 70 valence electrons. The van der Waals surface area contributed by atoms with E-state index in [4.69, 9.17) is 0 Å². The van der Waals surface area contributed by atoms with Gasteiger partial charge < -0.3 is 5.32 Å². The molecule has 13 heavy (non-hydrogen) atoms. The average Bonchev–Trinajstić information content (AvgIpc) is 2.15. The van der Waals surface area contributed by atoms with Crippen molar-refractivity contribution < 1.29 is 4.79 Å². The third-order valence-corrected chi connectivity index (χ3v) is 1.93. The van der Waals surface area contributed by atoms with E-state index in [1.807, 2.05) is 12.1 Å². The zero-order chi connectivity index (χ0) is 9.68. The molecule has 3 nitrogen and oxygen atoms in total. The van der Waals surface area contributed by atoms with Gasteiger partial charge in [0.05, 0.1) is 0 Å². The summed E-state index contributed by atoms with van der Waals surface area (Å²) < 4.78 is 0. The van der Waals surface area contributed by atoms with E-state index < -0.39 is 0 Å². The van der Waals surface area contributed by atoms with Crippen molar-refractivity contribution >= 4 is 5.91 Å². The lowest BCUT2D eigenvalue weighted by molar-refractivity contribution is -0.119. The van der Waals surface area contributed by atoms with Gasteiger partial charge in [0.1, 0.15) is 0 Å². The highest BCUT2D eigenvalue weighted by Gasteiger charge is 2.04. The molecule has 3 heteroatoms. The number of rotatable bonds is 3. The number of nitrogens with one attached hydrogen (secondary N) is 1. The van der Waals surface area contributed by atoms with Crippen LogP contribution in [0.25, 0.3) is 0 Å². The van der Waals surface area contributed by atoms with Crippen molar-refractivity contribution in [3.8, 4) is 0 Å². The number of nitrogens with zero attached hydrogens (tertiary/aromatic N) is 1. The van der Waals surface area contributed by atoms with Crippen LogP contribution < -0.4 is 5.32 Å². The van der Waals surface area contributed by atoms with Crippen LogP contribution in [0.4, 0.5) is 0 Å². The molecule has 0 radical (unpaired) electrons. The van der Waals surface area contributed by atoms with Gasteiger partial charge in [-0.2, -0.15) is 0 Å². The highest BCUT2D eigenvalue weighted by atomic mass is 16.1. The molecule has 1 unspecified atom stereocenters. The van der Waals surface area contributed by atoms with Crippen molar-refractivity contribution in [1.29, 1.82) is 0 Å². The zero-order valence-electron chi connectivity index (χ0n) is 7.95. The predicted octanol–water partition coefficient (Wildman–Crippen LogP) is 1.32. The molecule has 1 N–H and O–H groups in total. The van der Waals surface area contributed by atoms with Gasteiger partial charge in [-0.15, -0.1) is 0 Å². The van der Waals surface area contributed by atoms with Crippen LogP contribution in [0.3, 0.4) is 0 Å². The van der Waals surface area contributed by atoms with Gasteiger partial charge >= 0.3 is 0 Å². The number of carbonyl (C=O) groups excluding carboxylic acids is 1. The SMILES string of the molecule is CC(=O)NCC(C)c1ccncc1. The van der Waals surface area contributed by atoms with Gasteiger partial charge in [0, 0.05) is 25.9 Å². The fraction of sp³-hybridized carbons (Fsp3) is 0.400. The molecular formula is C10H14N2O. The van der Waals surface area contributed by atoms with E-state index in [9.17, 15) is 4.79 Å². The Bertz CT molecular complexity index is 272. The van der Waals surface area contributed by atoms with Gasteiger partial charge in [-0.3, -0.25) is 9.78 Å². The molecule has 0 saturated carbocycles. The second kappa shape index (κ2) is 4.60. The summed E-state index contributed by atoms with van der Waals surface area (Å²) in [5, 5.41) is 2.78. The van der Waals surface area contributed by atoms with Gasteiger partial charge in [-0.05, 0) is 23.6 Å². The highest BCUT2D eigenvalue weighted by molar-refractivity contribution is 5.72. The molecular weight excluding hydrogens is 164 g/mol. The normalized spacial score (nSPS) is 12.2. The topological polar surface area (TPSA) is 42.0 Å². The third kappa shape index (κ3) is 3.23. The van der Waals surface area contributed by atoms with E-state index in [0.717, 1.165) is 0 Å². The van der Waals surface area contributed by atoms with Gasteiger partial charge in [-0.1, -0.05) is 6.92 Å². The number of carbonyl (C=O) groups is 1. The molecule has 1 atom stereocenters. The van der Waals surface area contributed by atoms with Crippen LogP contribution in [0.15, 0.2) is 24.5 Å². The molecule has 0 saturated heterocycles. The first-order chi connectivity index (χ1) is 6.20. The Balaban J connectivity index is 2.49. The maximum absolute atomic E-state index is 10.7. The van der Waals surface area contributed by atoms with Crippen LogP contribution in [-0.2, 0) is 4.79 Å². The summed E-state index contributed by atoms with van der Waals surface area (Å²) in [5.74, 6) is 0.354. The zero-order valence-corrected chi connectivity index (χ0v) is 7.95. The van der Waals surface area contributed by atoms with E-state index in [0.29, 0.717) is 12.5 Å². The minimum atomic E-state index is 0.0147. The lowest BCUT2D eigenvalue weighted by atomic mass is 10.0. The average molecular weight is 178 g/mol. The van der Waals surface area contributed by atoms with Crippen LogP contribution in [0.2, 0.25) is 0 Å². The fourth-order valence-corrected chi connectivity index (χ4v) is 1.11. The Morgan fingerprint density at radius 1 is 1.54 bits per heavy atom. The Hall–Kier alpha value is -1.38. The Labute approximate surface area is 78.2 Å². The molecule has 0 aromatic carbocycles. The molecule has 0 spiro atoms. The molecule has 0 bridgehead atoms. The predicted molar refractivity (Wildman–Crippen MR) is 51.3 cm³/mol. The van der Waals surface area contributed by atoms with Crippen molar-refractivity contribution in [2.45, 2.75) is 19.8 Å². The number of aromatic nitrogens is 1. The summed E-state index contributed by atoms with van der Waals surface area (Å²) in [4.78, 5) is 14.6. The fourth-order valence-electron chi connectivity index (χ4n) is 1.11. The van der Waals surface area contributed by atoms with Crippen LogP contribution in [0, 0.1) is 0 Å². The summed E-state index contributed by atoms with van der Waals surface area (Å²) in [7, 11) is 0. The van der Waals surface area contributed by atoms with Gasteiger partial charge in [0.15, 0.2) is 0 Å². The first-order valence-electron chi connectivity index (χ1n) is 4.34. The number of amides is 1. The van der Waals surface area contributed by atoms with E-state index in [1.165, 1.54) is 12.5 Å². The van der Waals surface area contributed by atoms with E-state index in [-0.39, 0.29) is 5.91 Å².